The van der Waals surface area contributed by atoms with Crippen molar-refractivity contribution in [3.63, 3.8) is 0 Å². The lowest BCUT2D eigenvalue weighted by Crippen LogP contribution is -2.49. The van der Waals surface area contributed by atoms with Crippen LogP contribution in [-0.2, 0) is 19.1 Å². The largest absolute Gasteiger partial charge is 0.481 e. The lowest BCUT2D eigenvalue weighted by atomic mass is 9.97. The highest BCUT2D eigenvalue weighted by Gasteiger charge is 2.31. The first-order valence-corrected chi connectivity index (χ1v) is 7.03. The van der Waals surface area contributed by atoms with Crippen LogP contribution in [0.5, 0.6) is 0 Å². The monoisotopic (exact) mass is 286 g/mol. The van der Waals surface area contributed by atoms with Crippen LogP contribution in [0.25, 0.3) is 0 Å². The number of amides is 1. The van der Waals surface area contributed by atoms with Crippen LogP contribution in [-0.4, -0.2) is 73.5 Å². The van der Waals surface area contributed by atoms with E-state index < -0.39 is 18.0 Å². The van der Waals surface area contributed by atoms with Gasteiger partial charge in [0.15, 0.2) is 0 Å². The van der Waals surface area contributed by atoms with Crippen LogP contribution < -0.4 is 5.32 Å². The van der Waals surface area contributed by atoms with Crippen LogP contribution in [0.4, 0.5) is 0 Å². The smallest absolute Gasteiger partial charge is 0.307 e. The van der Waals surface area contributed by atoms with Gasteiger partial charge in [-0.2, -0.15) is 0 Å². The molecule has 0 radical (unpaired) electrons. The first kappa shape index (κ1) is 15.2. The van der Waals surface area contributed by atoms with E-state index in [2.05, 4.69) is 5.32 Å². The Balaban J connectivity index is 1.82. The molecule has 20 heavy (non-hydrogen) atoms. The third-order valence-corrected chi connectivity index (χ3v) is 3.73. The van der Waals surface area contributed by atoms with Crippen molar-refractivity contribution in [2.45, 2.75) is 25.6 Å². The molecule has 0 aromatic carbocycles. The van der Waals surface area contributed by atoms with Gasteiger partial charge < -0.3 is 24.8 Å². The fourth-order valence-electron chi connectivity index (χ4n) is 2.58. The van der Waals surface area contributed by atoms with E-state index in [0.717, 1.165) is 0 Å². The number of carboxylic acids is 1. The van der Waals surface area contributed by atoms with Crippen molar-refractivity contribution in [2.24, 2.45) is 5.92 Å². The number of hydrogen-bond acceptors (Lipinski definition) is 5. The number of hydrogen-bond donors (Lipinski definition) is 2. The number of nitrogens with zero attached hydrogens (tertiary/aromatic N) is 1. The summed E-state index contributed by atoms with van der Waals surface area (Å²) in [5.41, 5.74) is 0. The Kier molecular flexibility index (Phi) is 5.33. The van der Waals surface area contributed by atoms with Gasteiger partial charge in [0.1, 0.15) is 6.10 Å². The van der Waals surface area contributed by atoms with Crippen LogP contribution in [0.3, 0.4) is 0 Å². The van der Waals surface area contributed by atoms with E-state index in [4.69, 9.17) is 14.6 Å². The molecule has 0 aromatic heterocycles. The molecule has 0 bridgehead atoms. The van der Waals surface area contributed by atoms with Crippen molar-refractivity contribution < 1.29 is 24.2 Å². The summed E-state index contributed by atoms with van der Waals surface area (Å²) in [6, 6.07) is 0. The number of carboxylic acid groups (broad SMARTS) is 1. The van der Waals surface area contributed by atoms with E-state index in [1.54, 1.807) is 11.8 Å². The van der Waals surface area contributed by atoms with Gasteiger partial charge in [-0.25, -0.2) is 0 Å². The number of rotatable bonds is 4. The van der Waals surface area contributed by atoms with Gasteiger partial charge in [-0.05, 0) is 13.3 Å². The van der Waals surface area contributed by atoms with E-state index in [0.29, 0.717) is 45.8 Å². The zero-order valence-corrected chi connectivity index (χ0v) is 11.7. The van der Waals surface area contributed by atoms with Crippen molar-refractivity contribution in [1.82, 2.24) is 10.2 Å². The molecule has 0 aliphatic carbocycles. The molecule has 3 atom stereocenters. The number of carbonyl (C=O) groups is 2. The molecule has 114 valence electrons. The number of nitrogens with one attached hydrogen (secondary N) is 1. The third kappa shape index (κ3) is 3.91. The Bertz CT molecular complexity index is 357. The highest BCUT2D eigenvalue weighted by molar-refractivity contribution is 5.80. The van der Waals surface area contributed by atoms with Crippen molar-refractivity contribution in [3.8, 4) is 0 Å². The highest BCUT2D eigenvalue weighted by atomic mass is 16.5. The normalized spacial score (nSPS) is 28.9. The first-order chi connectivity index (χ1) is 9.58. The van der Waals surface area contributed by atoms with E-state index >= 15 is 0 Å². The number of carbonyl (C=O) groups excluding carboxylic acids is 1. The maximum Gasteiger partial charge on any atom is 0.307 e. The molecule has 0 saturated carbocycles. The van der Waals surface area contributed by atoms with Crippen LogP contribution in [0, 0.1) is 5.92 Å². The zero-order chi connectivity index (χ0) is 14.5. The lowest BCUT2D eigenvalue weighted by molar-refractivity contribution is -0.153. The van der Waals surface area contributed by atoms with Crippen LogP contribution in [0.1, 0.15) is 13.3 Å². The van der Waals surface area contributed by atoms with E-state index in [-0.39, 0.29) is 12.0 Å². The Morgan fingerprint density at radius 1 is 1.35 bits per heavy atom. The van der Waals surface area contributed by atoms with Gasteiger partial charge in [0.2, 0.25) is 0 Å². The lowest BCUT2D eigenvalue weighted by Gasteiger charge is -2.33. The van der Waals surface area contributed by atoms with Gasteiger partial charge in [-0.15, -0.1) is 0 Å². The van der Waals surface area contributed by atoms with Crippen LogP contribution in [0.2, 0.25) is 0 Å². The second-order valence-corrected chi connectivity index (χ2v) is 5.27. The summed E-state index contributed by atoms with van der Waals surface area (Å²) in [6.45, 7) is 5.07. The summed E-state index contributed by atoms with van der Waals surface area (Å²) in [7, 11) is 0. The Labute approximate surface area is 118 Å². The quantitative estimate of drug-likeness (QED) is 0.711. The van der Waals surface area contributed by atoms with Gasteiger partial charge in [-0.1, -0.05) is 0 Å². The summed E-state index contributed by atoms with van der Waals surface area (Å²) in [6.07, 6.45) is -0.333. The second-order valence-electron chi connectivity index (χ2n) is 5.27. The topological polar surface area (TPSA) is 88.1 Å². The Morgan fingerprint density at radius 3 is 2.70 bits per heavy atom. The SMILES string of the molecule is CC(OC1CNCC(C(=O)O)C1)C(=O)N1CCOCC1. The first-order valence-electron chi connectivity index (χ1n) is 7.03. The maximum atomic E-state index is 12.2. The predicted molar refractivity (Wildman–Crippen MR) is 70.3 cm³/mol. The molecular weight excluding hydrogens is 264 g/mol. The van der Waals surface area contributed by atoms with Crippen LogP contribution in [0.15, 0.2) is 0 Å². The fraction of sp³-hybridized carbons (Fsp3) is 0.846. The highest BCUT2D eigenvalue weighted by Crippen LogP contribution is 2.16. The van der Waals surface area contributed by atoms with Gasteiger partial charge in [0.25, 0.3) is 5.91 Å². The molecule has 7 nitrogen and oxygen atoms in total. The van der Waals surface area contributed by atoms with Crippen molar-refractivity contribution in [2.75, 3.05) is 39.4 Å². The minimum atomic E-state index is -0.821. The van der Waals surface area contributed by atoms with Crippen molar-refractivity contribution in [3.05, 3.63) is 0 Å². The Hall–Kier alpha value is -1.18. The summed E-state index contributed by atoms with van der Waals surface area (Å²) in [5, 5.41) is 12.1. The van der Waals surface area contributed by atoms with Gasteiger partial charge in [-0.3, -0.25) is 9.59 Å². The van der Waals surface area contributed by atoms with E-state index in [1.807, 2.05) is 0 Å². The van der Waals surface area contributed by atoms with Gasteiger partial charge >= 0.3 is 5.97 Å². The third-order valence-electron chi connectivity index (χ3n) is 3.73. The molecule has 2 N–H and O–H groups in total. The molecule has 7 heteroatoms. The molecule has 0 spiro atoms. The second kappa shape index (κ2) is 7.01. The van der Waals surface area contributed by atoms with E-state index in [1.165, 1.54) is 0 Å². The minimum Gasteiger partial charge on any atom is -0.481 e. The minimum absolute atomic E-state index is 0.0502. The summed E-state index contributed by atoms with van der Waals surface area (Å²) in [5.74, 6) is -1.32. The molecule has 2 heterocycles. The van der Waals surface area contributed by atoms with Crippen LogP contribution >= 0.6 is 0 Å². The number of ether oxygens (including phenoxy) is 2. The van der Waals surface area contributed by atoms with E-state index in [9.17, 15) is 9.59 Å². The maximum absolute atomic E-state index is 12.2. The Morgan fingerprint density at radius 2 is 2.05 bits per heavy atom. The van der Waals surface area contributed by atoms with Crippen molar-refractivity contribution in [1.29, 1.82) is 0 Å². The fourth-order valence-corrected chi connectivity index (χ4v) is 2.58. The molecule has 2 aliphatic rings. The number of morpholine rings is 1. The number of aliphatic carboxylic acids is 1. The molecule has 0 aromatic rings. The molecule has 2 aliphatic heterocycles. The molecule has 2 rings (SSSR count). The molecule has 2 fully saturated rings. The molecule has 3 unspecified atom stereocenters. The average Bonchev–Trinajstić information content (AvgIpc) is 2.47. The van der Waals surface area contributed by atoms with Crippen molar-refractivity contribution >= 4 is 11.9 Å². The van der Waals surface area contributed by atoms with Gasteiger partial charge in [0.05, 0.1) is 25.2 Å². The summed E-state index contributed by atoms with van der Waals surface area (Å²) >= 11 is 0. The molecule has 2 saturated heterocycles. The van der Waals surface area contributed by atoms with Gasteiger partial charge in [0, 0.05) is 26.2 Å². The summed E-state index contributed by atoms with van der Waals surface area (Å²) < 4.78 is 10.9. The summed E-state index contributed by atoms with van der Waals surface area (Å²) in [4.78, 5) is 24.9. The molecule has 1 amide bonds. The zero-order valence-electron chi connectivity index (χ0n) is 11.7. The number of piperidine rings is 1. The standard InChI is InChI=1S/C13H22N2O5/c1-9(12(16)15-2-4-19-5-3-15)20-11-6-10(13(17)18)7-14-8-11/h9-11,14H,2-8H2,1H3,(H,17,18). The molecular formula is C13H22N2O5. The predicted octanol–water partition coefficient (Wildman–Crippen LogP) is -0.687. The average molecular weight is 286 g/mol.